The second-order valence-corrected chi connectivity index (χ2v) is 5.16. The molecule has 21 heavy (non-hydrogen) atoms. The molecule has 0 radical (unpaired) electrons. The zero-order valence-corrected chi connectivity index (χ0v) is 12.9. The third-order valence-corrected chi connectivity index (χ3v) is 3.52. The van der Waals surface area contributed by atoms with Crippen molar-refractivity contribution in [3.8, 4) is 5.75 Å². The summed E-state index contributed by atoms with van der Waals surface area (Å²) in [7, 11) is 0. The number of ether oxygens (including phenoxy) is 1. The zero-order chi connectivity index (χ0) is 14.9. The summed E-state index contributed by atoms with van der Waals surface area (Å²) in [6.45, 7) is 6.02. The minimum atomic E-state index is 0.385. The fourth-order valence-electron chi connectivity index (χ4n) is 2.29. The minimum Gasteiger partial charge on any atom is -0.494 e. The maximum Gasteiger partial charge on any atom is 0.119 e. The third-order valence-electron chi connectivity index (χ3n) is 3.52. The maximum atomic E-state index is 5.79. The molecule has 1 atom stereocenters. The van der Waals surface area contributed by atoms with E-state index in [0.29, 0.717) is 6.04 Å². The molecule has 3 heteroatoms. The van der Waals surface area contributed by atoms with Gasteiger partial charge >= 0.3 is 0 Å². The van der Waals surface area contributed by atoms with Gasteiger partial charge in [-0.05, 0) is 61.7 Å². The molecule has 0 saturated carbocycles. The van der Waals surface area contributed by atoms with Crippen LogP contribution in [0, 0.1) is 0 Å². The lowest BCUT2D eigenvalue weighted by atomic mass is 10.1. The van der Waals surface area contributed by atoms with Gasteiger partial charge < -0.3 is 10.1 Å². The molecule has 0 saturated heterocycles. The number of aromatic nitrogens is 1. The Kier molecular flexibility index (Phi) is 6.22. The van der Waals surface area contributed by atoms with E-state index < -0.39 is 0 Å². The second-order valence-electron chi connectivity index (χ2n) is 5.16. The van der Waals surface area contributed by atoms with Gasteiger partial charge in [-0.15, -0.1) is 0 Å². The molecule has 3 nitrogen and oxygen atoms in total. The smallest absolute Gasteiger partial charge is 0.119 e. The molecule has 2 rings (SSSR count). The topological polar surface area (TPSA) is 34.1 Å². The van der Waals surface area contributed by atoms with Crippen LogP contribution < -0.4 is 10.1 Å². The molecule has 0 bridgehead atoms. The average molecular weight is 284 g/mol. The first-order valence-corrected chi connectivity index (χ1v) is 7.64. The summed E-state index contributed by atoms with van der Waals surface area (Å²) < 4.78 is 5.79. The largest absolute Gasteiger partial charge is 0.494 e. The predicted molar refractivity (Wildman–Crippen MR) is 86.6 cm³/mol. The van der Waals surface area contributed by atoms with Crippen LogP contribution in [-0.4, -0.2) is 18.1 Å². The van der Waals surface area contributed by atoms with Crippen molar-refractivity contribution in [2.24, 2.45) is 0 Å². The summed E-state index contributed by atoms with van der Waals surface area (Å²) in [5.41, 5.74) is 2.60. The van der Waals surface area contributed by atoms with Crippen molar-refractivity contribution in [3.05, 3.63) is 59.9 Å². The van der Waals surface area contributed by atoms with Gasteiger partial charge in [0.25, 0.3) is 0 Å². The SMILES string of the molecule is CCNC(C)c1ccc(OCCCc2ccncc2)cc1. The van der Waals surface area contributed by atoms with E-state index in [1.54, 1.807) is 0 Å². The average Bonchev–Trinajstić information content (AvgIpc) is 2.53. The van der Waals surface area contributed by atoms with Gasteiger partial charge in [-0.3, -0.25) is 4.98 Å². The molecule has 0 aliphatic carbocycles. The first-order chi connectivity index (χ1) is 10.3. The Balaban J connectivity index is 1.73. The number of hydrogen-bond acceptors (Lipinski definition) is 3. The van der Waals surface area contributed by atoms with Crippen LogP contribution in [0.3, 0.4) is 0 Å². The van der Waals surface area contributed by atoms with Gasteiger partial charge in [-0.25, -0.2) is 0 Å². The summed E-state index contributed by atoms with van der Waals surface area (Å²) >= 11 is 0. The van der Waals surface area contributed by atoms with Gasteiger partial charge in [-0.1, -0.05) is 19.1 Å². The van der Waals surface area contributed by atoms with E-state index in [4.69, 9.17) is 4.74 Å². The first-order valence-electron chi connectivity index (χ1n) is 7.64. The first kappa shape index (κ1) is 15.5. The van der Waals surface area contributed by atoms with E-state index in [0.717, 1.165) is 31.7 Å². The number of nitrogens with one attached hydrogen (secondary N) is 1. The number of benzene rings is 1. The molecule has 1 unspecified atom stereocenters. The lowest BCUT2D eigenvalue weighted by Crippen LogP contribution is -2.17. The van der Waals surface area contributed by atoms with E-state index in [-0.39, 0.29) is 0 Å². The Morgan fingerprint density at radius 1 is 1.10 bits per heavy atom. The zero-order valence-electron chi connectivity index (χ0n) is 12.9. The fraction of sp³-hybridized carbons (Fsp3) is 0.389. The molecule has 1 N–H and O–H groups in total. The number of rotatable bonds is 8. The Labute approximate surface area is 127 Å². The van der Waals surface area contributed by atoms with Gasteiger partial charge in [-0.2, -0.15) is 0 Å². The summed E-state index contributed by atoms with van der Waals surface area (Å²) in [4.78, 5) is 4.02. The standard InChI is InChI=1S/C18H24N2O/c1-3-20-15(2)17-6-8-18(9-7-17)21-14-4-5-16-10-12-19-13-11-16/h6-13,15,20H,3-5,14H2,1-2H3. The van der Waals surface area contributed by atoms with Crippen molar-refractivity contribution in [2.45, 2.75) is 32.7 Å². The highest BCUT2D eigenvalue weighted by Crippen LogP contribution is 2.17. The Morgan fingerprint density at radius 3 is 2.48 bits per heavy atom. The van der Waals surface area contributed by atoms with Gasteiger partial charge in [0.05, 0.1) is 6.61 Å². The fourth-order valence-corrected chi connectivity index (χ4v) is 2.29. The van der Waals surface area contributed by atoms with Gasteiger partial charge in [0, 0.05) is 18.4 Å². The van der Waals surface area contributed by atoms with Crippen LogP contribution in [0.1, 0.15) is 37.4 Å². The van der Waals surface area contributed by atoms with Gasteiger partial charge in [0.15, 0.2) is 0 Å². The summed E-state index contributed by atoms with van der Waals surface area (Å²) in [6, 6.07) is 12.9. The number of hydrogen-bond donors (Lipinski definition) is 1. The van der Waals surface area contributed by atoms with Crippen molar-refractivity contribution >= 4 is 0 Å². The number of pyridine rings is 1. The van der Waals surface area contributed by atoms with Crippen molar-refractivity contribution in [2.75, 3.05) is 13.2 Å². The van der Waals surface area contributed by atoms with E-state index in [1.807, 2.05) is 12.4 Å². The Morgan fingerprint density at radius 2 is 1.81 bits per heavy atom. The van der Waals surface area contributed by atoms with E-state index >= 15 is 0 Å². The third kappa shape index (κ3) is 5.20. The van der Waals surface area contributed by atoms with Crippen molar-refractivity contribution in [1.29, 1.82) is 0 Å². The highest BCUT2D eigenvalue weighted by Gasteiger charge is 2.03. The van der Waals surface area contributed by atoms with Crippen LogP contribution >= 0.6 is 0 Å². The van der Waals surface area contributed by atoms with Crippen molar-refractivity contribution < 1.29 is 4.74 Å². The lowest BCUT2D eigenvalue weighted by molar-refractivity contribution is 0.311. The van der Waals surface area contributed by atoms with Gasteiger partial charge in [0.2, 0.25) is 0 Å². The number of aryl methyl sites for hydroxylation is 1. The number of nitrogens with zero attached hydrogens (tertiary/aromatic N) is 1. The maximum absolute atomic E-state index is 5.79. The van der Waals surface area contributed by atoms with Crippen LogP contribution in [0.25, 0.3) is 0 Å². The molecule has 0 spiro atoms. The van der Waals surface area contributed by atoms with Crippen molar-refractivity contribution in [1.82, 2.24) is 10.3 Å². The summed E-state index contributed by atoms with van der Waals surface area (Å²) in [5, 5.41) is 3.41. The molecule has 0 aliphatic heterocycles. The molecular formula is C18H24N2O. The summed E-state index contributed by atoms with van der Waals surface area (Å²) in [5.74, 6) is 0.942. The Bertz CT molecular complexity index is 511. The molecular weight excluding hydrogens is 260 g/mol. The molecule has 0 amide bonds. The van der Waals surface area contributed by atoms with Crippen LogP contribution in [0.15, 0.2) is 48.8 Å². The van der Waals surface area contributed by atoms with Crippen LogP contribution in [-0.2, 0) is 6.42 Å². The second kappa shape index (κ2) is 8.42. The molecule has 2 aromatic rings. The van der Waals surface area contributed by atoms with Crippen LogP contribution in [0.2, 0.25) is 0 Å². The normalized spacial score (nSPS) is 12.1. The predicted octanol–water partition coefficient (Wildman–Crippen LogP) is 3.76. The van der Waals surface area contributed by atoms with E-state index in [1.165, 1.54) is 11.1 Å². The molecule has 0 fully saturated rings. The highest BCUT2D eigenvalue weighted by molar-refractivity contribution is 5.28. The molecule has 0 aliphatic rings. The molecule has 112 valence electrons. The van der Waals surface area contributed by atoms with Gasteiger partial charge in [0.1, 0.15) is 5.75 Å². The molecule has 1 aromatic carbocycles. The monoisotopic (exact) mass is 284 g/mol. The molecule has 1 aromatic heterocycles. The molecule has 1 heterocycles. The summed E-state index contributed by atoms with van der Waals surface area (Å²) in [6.07, 6.45) is 5.71. The van der Waals surface area contributed by atoms with Crippen molar-refractivity contribution in [3.63, 3.8) is 0 Å². The highest BCUT2D eigenvalue weighted by atomic mass is 16.5. The quantitative estimate of drug-likeness (QED) is 0.749. The Hall–Kier alpha value is -1.87. The minimum absolute atomic E-state index is 0.385. The lowest BCUT2D eigenvalue weighted by Gasteiger charge is -2.13. The van der Waals surface area contributed by atoms with E-state index in [9.17, 15) is 0 Å². The van der Waals surface area contributed by atoms with Crippen LogP contribution in [0.5, 0.6) is 5.75 Å². The van der Waals surface area contributed by atoms with E-state index in [2.05, 4.69) is 60.5 Å². The van der Waals surface area contributed by atoms with Crippen LogP contribution in [0.4, 0.5) is 0 Å².